The Bertz CT molecular complexity index is 535. The number of sulfonamides is 1. The lowest BCUT2D eigenvalue weighted by Gasteiger charge is -2.26. The second-order valence-electron chi connectivity index (χ2n) is 4.25. The van der Waals surface area contributed by atoms with E-state index >= 15 is 0 Å². The van der Waals surface area contributed by atoms with Crippen molar-refractivity contribution < 1.29 is 13.2 Å². The lowest BCUT2D eigenvalue weighted by molar-refractivity contribution is 0.102. The number of halogens is 1. The first kappa shape index (κ1) is 13.7. The van der Waals surface area contributed by atoms with Crippen molar-refractivity contribution in [1.82, 2.24) is 9.29 Å². The third-order valence-corrected chi connectivity index (χ3v) is 5.51. The van der Waals surface area contributed by atoms with Gasteiger partial charge in [-0.2, -0.15) is 4.31 Å². The molecule has 0 aromatic carbocycles. The molecule has 0 spiro atoms. The molecule has 0 amide bonds. The van der Waals surface area contributed by atoms with Crippen molar-refractivity contribution in [3.8, 4) is 0 Å². The van der Waals surface area contributed by atoms with Crippen molar-refractivity contribution in [1.29, 1.82) is 0 Å². The second kappa shape index (κ2) is 5.13. The minimum absolute atomic E-state index is 0.00378. The zero-order chi connectivity index (χ0) is 13.3. The Hall–Kier alpha value is -0.690. The van der Waals surface area contributed by atoms with Crippen LogP contribution in [0.4, 0.5) is 0 Å². The molecule has 1 aliphatic rings. The summed E-state index contributed by atoms with van der Waals surface area (Å²) < 4.78 is 31.6. The summed E-state index contributed by atoms with van der Waals surface area (Å²) in [5.74, 6) is 0. The second-order valence-corrected chi connectivity index (χ2v) is 6.57. The molecule has 2 heterocycles. The first-order valence-electron chi connectivity index (χ1n) is 5.64. The van der Waals surface area contributed by atoms with Gasteiger partial charge in [-0.05, 0) is 25.5 Å². The van der Waals surface area contributed by atoms with E-state index in [0.29, 0.717) is 13.0 Å². The van der Waals surface area contributed by atoms with Crippen molar-refractivity contribution in [2.24, 2.45) is 0 Å². The number of likely N-dealkylation sites (N-methyl/N-ethyl adjacent to an activating group) is 1. The standard InChI is InChI=1S/C11H15ClN2O3S/c1-8-9(5-7-17-8)14(2)18(15,16)10-4-3-6-13-11(10)12/h3-4,6,8-9H,5,7H2,1-2H3. The van der Waals surface area contributed by atoms with Crippen molar-refractivity contribution in [3.63, 3.8) is 0 Å². The molecule has 18 heavy (non-hydrogen) atoms. The van der Waals surface area contributed by atoms with Crippen LogP contribution in [-0.4, -0.2) is 43.5 Å². The topological polar surface area (TPSA) is 59.5 Å². The Morgan fingerprint density at radius 2 is 2.28 bits per heavy atom. The van der Waals surface area contributed by atoms with E-state index in [2.05, 4.69) is 4.98 Å². The van der Waals surface area contributed by atoms with Crippen molar-refractivity contribution >= 4 is 21.6 Å². The fraction of sp³-hybridized carbons (Fsp3) is 0.545. The summed E-state index contributed by atoms with van der Waals surface area (Å²) in [6.45, 7) is 2.45. The maximum Gasteiger partial charge on any atom is 0.246 e. The van der Waals surface area contributed by atoms with Gasteiger partial charge in [0.25, 0.3) is 0 Å². The van der Waals surface area contributed by atoms with E-state index in [4.69, 9.17) is 16.3 Å². The van der Waals surface area contributed by atoms with Crippen LogP contribution in [0, 0.1) is 0 Å². The SMILES string of the molecule is CC1OCCC1N(C)S(=O)(=O)c1cccnc1Cl. The van der Waals surface area contributed by atoms with E-state index < -0.39 is 10.0 Å². The fourth-order valence-electron chi connectivity index (χ4n) is 2.09. The highest BCUT2D eigenvalue weighted by atomic mass is 35.5. The number of aromatic nitrogens is 1. The quantitative estimate of drug-likeness (QED) is 0.792. The van der Waals surface area contributed by atoms with Crippen LogP contribution in [-0.2, 0) is 14.8 Å². The summed E-state index contributed by atoms with van der Waals surface area (Å²) in [4.78, 5) is 3.84. The predicted octanol–water partition coefficient (Wildman–Crippen LogP) is 1.53. The summed E-state index contributed by atoms with van der Waals surface area (Å²) in [5, 5.41) is -0.00378. The van der Waals surface area contributed by atoms with Crippen molar-refractivity contribution in [3.05, 3.63) is 23.5 Å². The van der Waals surface area contributed by atoms with Crippen molar-refractivity contribution in [2.75, 3.05) is 13.7 Å². The molecule has 1 aliphatic heterocycles. The zero-order valence-corrected chi connectivity index (χ0v) is 11.8. The first-order valence-corrected chi connectivity index (χ1v) is 7.46. The van der Waals surface area contributed by atoms with Gasteiger partial charge in [0.05, 0.1) is 12.1 Å². The third-order valence-electron chi connectivity index (χ3n) is 3.19. The molecule has 1 aromatic heterocycles. The van der Waals surface area contributed by atoms with Gasteiger partial charge in [-0.3, -0.25) is 0 Å². The number of pyridine rings is 1. The lowest BCUT2D eigenvalue weighted by atomic mass is 10.2. The molecule has 0 radical (unpaired) electrons. The Morgan fingerprint density at radius 3 is 2.83 bits per heavy atom. The maximum atomic E-state index is 12.4. The van der Waals surface area contributed by atoms with Gasteiger partial charge in [0.1, 0.15) is 10.0 Å². The molecule has 2 unspecified atom stereocenters. The molecule has 7 heteroatoms. The molecule has 0 N–H and O–H groups in total. The smallest absolute Gasteiger partial charge is 0.246 e. The molecule has 5 nitrogen and oxygen atoms in total. The Morgan fingerprint density at radius 1 is 1.56 bits per heavy atom. The van der Waals surface area contributed by atoms with Gasteiger partial charge in [0.15, 0.2) is 0 Å². The van der Waals surface area contributed by atoms with Crippen LogP contribution in [0.3, 0.4) is 0 Å². The maximum absolute atomic E-state index is 12.4. The summed E-state index contributed by atoms with van der Waals surface area (Å²) in [7, 11) is -2.08. The summed E-state index contributed by atoms with van der Waals surface area (Å²) in [5.41, 5.74) is 0. The van der Waals surface area contributed by atoms with Gasteiger partial charge in [-0.15, -0.1) is 0 Å². The van der Waals surface area contributed by atoms with Crippen LogP contribution in [0.5, 0.6) is 0 Å². The van der Waals surface area contributed by atoms with Gasteiger partial charge in [-0.1, -0.05) is 11.6 Å². The average Bonchev–Trinajstić information content (AvgIpc) is 2.74. The van der Waals surface area contributed by atoms with Gasteiger partial charge in [-0.25, -0.2) is 13.4 Å². The number of rotatable bonds is 3. The van der Waals surface area contributed by atoms with Gasteiger partial charge in [0, 0.05) is 19.9 Å². The zero-order valence-electron chi connectivity index (χ0n) is 10.2. The molecule has 1 aromatic rings. The summed E-state index contributed by atoms with van der Waals surface area (Å²) >= 11 is 5.85. The molecule has 0 aliphatic carbocycles. The van der Waals surface area contributed by atoms with Crippen molar-refractivity contribution in [2.45, 2.75) is 30.4 Å². The first-order chi connectivity index (χ1) is 8.44. The highest BCUT2D eigenvalue weighted by molar-refractivity contribution is 7.89. The van der Waals surface area contributed by atoms with Gasteiger partial charge in [0.2, 0.25) is 10.0 Å². The largest absolute Gasteiger partial charge is 0.377 e. The van der Waals surface area contributed by atoms with E-state index in [1.165, 1.54) is 16.6 Å². The molecule has 2 atom stereocenters. The molecule has 100 valence electrons. The Labute approximate surface area is 112 Å². The highest BCUT2D eigenvalue weighted by Gasteiger charge is 2.36. The minimum atomic E-state index is -3.63. The van der Waals surface area contributed by atoms with Gasteiger partial charge < -0.3 is 4.74 Å². The van der Waals surface area contributed by atoms with E-state index in [9.17, 15) is 8.42 Å². The highest BCUT2D eigenvalue weighted by Crippen LogP contribution is 2.27. The lowest BCUT2D eigenvalue weighted by Crippen LogP contribution is -2.41. The third kappa shape index (κ3) is 2.38. The minimum Gasteiger partial charge on any atom is -0.377 e. The molecule has 2 rings (SSSR count). The molecular weight excluding hydrogens is 276 g/mol. The molecule has 0 bridgehead atoms. The fourth-order valence-corrected chi connectivity index (χ4v) is 3.97. The summed E-state index contributed by atoms with van der Waals surface area (Å²) in [6, 6.07) is 2.86. The molecule has 1 saturated heterocycles. The Balaban J connectivity index is 2.34. The Kier molecular flexibility index (Phi) is 3.91. The van der Waals surface area contributed by atoms with Crippen LogP contribution in [0.25, 0.3) is 0 Å². The number of ether oxygens (including phenoxy) is 1. The number of hydrogen-bond acceptors (Lipinski definition) is 4. The van der Waals surface area contributed by atoms with Gasteiger partial charge >= 0.3 is 0 Å². The molecule has 0 saturated carbocycles. The van der Waals surface area contributed by atoms with E-state index in [1.807, 2.05) is 6.92 Å². The average molecular weight is 291 g/mol. The van der Waals surface area contributed by atoms with E-state index in [1.54, 1.807) is 13.1 Å². The summed E-state index contributed by atoms with van der Waals surface area (Å²) in [6.07, 6.45) is 2.04. The van der Waals surface area contributed by atoms with Crippen LogP contribution in [0.15, 0.2) is 23.2 Å². The van der Waals surface area contributed by atoms with Crippen LogP contribution in [0.1, 0.15) is 13.3 Å². The molecule has 1 fully saturated rings. The molecular formula is C11H15ClN2O3S. The van der Waals surface area contributed by atoms with Crippen LogP contribution >= 0.6 is 11.6 Å². The van der Waals surface area contributed by atoms with Crippen LogP contribution < -0.4 is 0 Å². The predicted molar refractivity (Wildman–Crippen MR) is 68.0 cm³/mol. The number of hydrogen-bond donors (Lipinski definition) is 0. The number of nitrogens with zero attached hydrogens (tertiary/aromatic N) is 2. The monoisotopic (exact) mass is 290 g/mol. The van der Waals surface area contributed by atoms with E-state index in [-0.39, 0.29) is 22.2 Å². The van der Waals surface area contributed by atoms with Crippen LogP contribution in [0.2, 0.25) is 5.15 Å². The normalized spacial score (nSPS) is 24.7. The van der Waals surface area contributed by atoms with E-state index in [0.717, 1.165) is 0 Å².